The van der Waals surface area contributed by atoms with Gasteiger partial charge in [0.25, 0.3) is 0 Å². The predicted octanol–water partition coefficient (Wildman–Crippen LogP) is 3.24. The van der Waals surface area contributed by atoms with Gasteiger partial charge in [0.2, 0.25) is 0 Å². The predicted molar refractivity (Wildman–Crippen MR) is 97.2 cm³/mol. The number of hydrogen-bond donors (Lipinski definition) is 1. The number of urea groups is 1. The van der Waals surface area contributed by atoms with Crippen LogP contribution in [0.4, 0.5) is 10.5 Å². The van der Waals surface area contributed by atoms with Crippen molar-refractivity contribution in [3.05, 3.63) is 42.7 Å². The van der Waals surface area contributed by atoms with Crippen LogP contribution < -0.4 is 5.32 Å². The minimum atomic E-state index is -3.03. The van der Waals surface area contributed by atoms with Crippen LogP contribution in [0.3, 0.4) is 0 Å². The molecule has 1 N–H and O–H groups in total. The SMILES string of the molecule is CS(=O)(=O)C[C@H]1CCCN(C(=O)Nc2ccc(-c3ccco3)cc2)C1. The molecule has 1 aliphatic rings. The van der Waals surface area contributed by atoms with Gasteiger partial charge in [0.15, 0.2) is 0 Å². The van der Waals surface area contributed by atoms with Crippen LogP contribution in [-0.2, 0) is 9.84 Å². The zero-order chi connectivity index (χ0) is 17.9. The van der Waals surface area contributed by atoms with Crippen LogP contribution in [0.5, 0.6) is 0 Å². The molecule has 3 rings (SSSR count). The molecule has 0 unspecified atom stereocenters. The van der Waals surface area contributed by atoms with Crippen molar-refractivity contribution in [1.29, 1.82) is 0 Å². The number of hydrogen-bond acceptors (Lipinski definition) is 4. The van der Waals surface area contributed by atoms with Gasteiger partial charge in [-0.25, -0.2) is 13.2 Å². The first-order chi connectivity index (χ1) is 11.9. The van der Waals surface area contributed by atoms with Crippen LogP contribution in [-0.4, -0.2) is 44.4 Å². The van der Waals surface area contributed by atoms with Gasteiger partial charge in [0.1, 0.15) is 15.6 Å². The first-order valence-electron chi connectivity index (χ1n) is 8.28. The summed E-state index contributed by atoms with van der Waals surface area (Å²) in [6.07, 6.45) is 4.53. The standard InChI is InChI=1S/C18H22N2O4S/c1-25(22,23)13-14-4-2-10-20(12-14)18(21)19-16-8-6-15(7-9-16)17-5-3-11-24-17/h3,5-9,11,14H,2,4,10,12-13H2,1H3,(H,19,21)/t14-/m0/s1. The molecule has 1 aromatic heterocycles. The van der Waals surface area contributed by atoms with Crippen molar-refractivity contribution in [2.75, 3.05) is 30.4 Å². The Morgan fingerprint density at radius 1 is 1.28 bits per heavy atom. The van der Waals surface area contributed by atoms with Gasteiger partial charge in [-0.1, -0.05) is 0 Å². The minimum Gasteiger partial charge on any atom is -0.464 e. The lowest BCUT2D eigenvalue weighted by atomic mass is 10.0. The van der Waals surface area contributed by atoms with Gasteiger partial charge in [-0.3, -0.25) is 0 Å². The monoisotopic (exact) mass is 362 g/mol. The lowest BCUT2D eigenvalue weighted by Crippen LogP contribution is -2.43. The molecule has 0 saturated carbocycles. The third-order valence-electron chi connectivity index (χ3n) is 4.29. The van der Waals surface area contributed by atoms with Crippen molar-refractivity contribution in [2.45, 2.75) is 12.8 Å². The summed E-state index contributed by atoms with van der Waals surface area (Å²) in [6.45, 7) is 1.12. The normalized spacial score (nSPS) is 18.1. The van der Waals surface area contributed by atoms with Crippen LogP contribution in [0.1, 0.15) is 12.8 Å². The van der Waals surface area contributed by atoms with Crippen molar-refractivity contribution in [3.63, 3.8) is 0 Å². The molecule has 2 amide bonds. The third-order valence-corrected chi connectivity index (χ3v) is 5.36. The highest BCUT2D eigenvalue weighted by Gasteiger charge is 2.26. The quantitative estimate of drug-likeness (QED) is 0.905. The van der Waals surface area contributed by atoms with E-state index in [-0.39, 0.29) is 17.7 Å². The summed E-state index contributed by atoms with van der Waals surface area (Å²) in [5.41, 5.74) is 1.64. The summed E-state index contributed by atoms with van der Waals surface area (Å²) >= 11 is 0. The Morgan fingerprint density at radius 3 is 2.68 bits per heavy atom. The Labute approximate surface area is 147 Å². The maximum atomic E-state index is 12.4. The van der Waals surface area contributed by atoms with E-state index in [1.165, 1.54) is 6.26 Å². The summed E-state index contributed by atoms with van der Waals surface area (Å²) in [5.74, 6) is 0.919. The van der Waals surface area contributed by atoms with Gasteiger partial charge < -0.3 is 14.6 Å². The largest absolute Gasteiger partial charge is 0.464 e. The van der Waals surface area contributed by atoms with E-state index in [4.69, 9.17) is 4.42 Å². The average Bonchev–Trinajstić information content (AvgIpc) is 3.08. The Balaban J connectivity index is 1.60. The fraction of sp³-hybridized carbons (Fsp3) is 0.389. The fourth-order valence-corrected chi connectivity index (χ4v) is 4.31. The number of amides is 2. The number of nitrogens with zero attached hydrogens (tertiary/aromatic N) is 1. The number of likely N-dealkylation sites (tertiary alicyclic amines) is 1. The molecule has 25 heavy (non-hydrogen) atoms. The summed E-state index contributed by atoms with van der Waals surface area (Å²) < 4.78 is 28.3. The smallest absolute Gasteiger partial charge is 0.321 e. The number of piperidine rings is 1. The topological polar surface area (TPSA) is 79.6 Å². The molecule has 1 aromatic carbocycles. The van der Waals surface area contributed by atoms with E-state index < -0.39 is 9.84 Å². The highest BCUT2D eigenvalue weighted by atomic mass is 32.2. The van der Waals surface area contributed by atoms with Gasteiger partial charge in [-0.05, 0) is 55.2 Å². The van der Waals surface area contributed by atoms with Gasteiger partial charge in [-0.2, -0.15) is 0 Å². The molecule has 2 heterocycles. The first-order valence-corrected chi connectivity index (χ1v) is 10.3. The lowest BCUT2D eigenvalue weighted by Gasteiger charge is -2.32. The maximum Gasteiger partial charge on any atom is 0.321 e. The maximum absolute atomic E-state index is 12.4. The van der Waals surface area contributed by atoms with Crippen LogP contribution in [0.2, 0.25) is 0 Å². The van der Waals surface area contributed by atoms with Crippen molar-refractivity contribution in [3.8, 4) is 11.3 Å². The molecule has 2 aromatic rings. The van der Waals surface area contributed by atoms with Crippen molar-refractivity contribution in [2.24, 2.45) is 5.92 Å². The van der Waals surface area contributed by atoms with E-state index >= 15 is 0 Å². The molecular weight excluding hydrogens is 340 g/mol. The second-order valence-electron chi connectivity index (χ2n) is 6.53. The lowest BCUT2D eigenvalue weighted by molar-refractivity contribution is 0.183. The second-order valence-corrected chi connectivity index (χ2v) is 8.72. The second kappa shape index (κ2) is 7.31. The summed E-state index contributed by atoms with van der Waals surface area (Å²) in [5, 5.41) is 2.87. The van der Waals surface area contributed by atoms with E-state index in [1.54, 1.807) is 11.2 Å². The molecule has 0 radical (unpaired) electrons. The molecule has 0 aliphatic carbocycles. The Bertz CT molecular complexity index is 813. The van der Waals surface area contributed by atoms with Crippen LogP contribution in [0, 0.1) is 5.92 Å². The summed E-state index contributed by atoms with van der Waals surface area (Å²) in [6, 6.07) is 10.9. The van der Waals surface area contributed by atoms with Crippen molar-refractivity contribution < 1.29 is 17.6 Å². The molecule has 7 heteroatoms. The zero-order valence-electron chi connectivity index (χ0n) is 14.1. The highest BCUT2D eigenvalue weighted by molar-refractivity contribution is 7.90. The van der Waals surface area contributed by atoms with E-state index in [0.717, 1.165) is 24.2 Å². The van der Waals surface area contributed by atoms with Crippen molar-refractivity contribution in [1.82, 2.24) is 4.90 Å². The van der Waals surface area contributed by atoms with E-state index in [0.29, 0.717) is 18.8 Å². The van der Waals surface area contributed by atoms with Crippen LogP contribution in [0.25, 0.3) is 11.3 Å². The number of benzene rings is 1. The molecule has 1 aliphatic heterocycles. The van der Waals surface area contributed by atoms with Crippen molar-refractivity contribution >= 4 is 21.6 Å². The molecular formula is C18H22N2O4S. The Morgan fingerprint density at radius 2 is 2.04 bits per heavy atom. The molecule has 134 valence electrons. The zero-order valence-corrected chi connectivity index (χ0v) is 15.0. The number of rotatable bonds is 4. The molecule has 1 atom stereocenters. The molecule has 1 saturated heterocycles. The number of anilines is 1. The first kappa shape index (κ1) is 17.5. The number of sulfone groups is 1. The number of carbonyl (C=O) groups excluding carboxylic acids is 1. The van der Waals surface area contributed by atoms with Gasteiger partial charge in [0, 0.05) is 30.6 Å². The van der Waals surface area contributed by atoms with E-state index in [9.17, 15) is 13.2 Å². The fourth-order valence-electron chi connectivity index (χ4n) is 3.18. The molecule has 1 fully saturated rings. The summed E-state index contributed by atoms with van der Waals surface area (Å²) in [4.78, 5) is 14.1. The number of carbonyl (C=O) groups is 1. The summed E-state index contributed by atoms with van der Waals surface area (Å²) in [7, 11) is -3.03. The van der Waals surface area contributed by atoms with Crippen LogP contribution >= 0.6 is 0 Å². The van der Waals surface area contributed by atoms with Gasteiger partial charge in [0.05, 0.1) is 12.0 Å². The molecule has 0 spiro atoms. The number of furan rings is 1. The third kappa shape index (κ3) is 4.85. The minimum absolute atomic E-state index is 0.0100. The van der Waals surface area contributed by atoms with Gasteiger partial charge in [-0.15, -0.1) is 0 Å². The highest BCUT2D eigenvalue weighted by Crippen LogP contribution is 2.23. The van der Waals surface area contributed by atoms with E-state index in [1.807, 2.05) is 36.4 Å². The van der Waals surface area contributed by atoms with Crippen LogP contribution in [0.15, 0.2) is 47.1 Å². The Hall–Kier alpha value is -2.28. The van der Waals surface area contributed by atoms with Gasteiger partial charge >= 0.3 is 6.03 Å². The molecule has 6 nitrogen and oxygen atoms in total. The number of nitrogens with one attached hydrogen (secondary N) is 1. The molecule has 0 bridgehead atoms. The Kier molecular flexibility index (Phi) is 5.13. The average molecular weight is 362 g/mol. The van der Waals surface area contributed by atoms with E-state index in [2.05, 4.69) is 5.32 Å².